The average Bonchev–Trinajstić information content (AvgIpc) is 3.36. The number of hydrogen-bond acceptors (Lipinski definition) is 3. The summed E-state index contributed by atoms with van der Waals surface area (Å²) in [6.45, 7) is 6.37. The number of nitrogens with one attached hydrogen (secondary N) is 1. The minimum atomic E-state index is -0.00897. The molecule has 140 valence electrons. The predicted molar refractivity (Wildman–Crippen MR) is 108 cm³/mol. The first kappa shape index (κ1) is 17.7. The van der Waals surface area contributed by atoms with Crippen LogP contribution in [0.3, 0.4) is 0 Å². The average molecular weight is 362 g/mol. The Morgan fingerprint density at radius 3 is 2.63 bits per heavy atom. The summed E-state index contributed by atoms with van der Waals surface area (Å²) in [5, 5.41) is 3.07. The third kappa shape index (κ3) is 4.03. The number of carbonyl (C=O) groups excluding carboxylic acids is 1. The molecule has 1 N–H and O–H groups in total. The molecule has 1 saturated heterocycles. The molecule has 1 fully saturated rings. The van der Waals surface area contributed by atoms with E-state index in [4.69, 9.17) is 0 Å². The van der Waals surface area contributed by atoms with Crippen LogP contribution in [0.4, 0.5) is 0 Å². The summed E-state index contributed by atoms with van der Waals surface area (Å²) in [4.78, 5) is 19.4. The Labute approximate surface area is 160 Å². The quantitative estimate of drug-likeness (QED) is 0.730. The number of hydrogen-bond donors (Lipinski definition) is 1. The third-order valence-electron chi connectivity index (χ3n) is 5.24. The number of imidazole rings is 1. The lowest BCUT2D eigenvalue weighted by atomic mass is 10.1. The molecule has 2 heterocycles. The number of likely N-dealkylation sites (tertiary alicyclic amines) is 1. The molecule has 1 amide bonds. The van der Waals surface area contributed by atoms with Crippen LogP contribution in [0.15, 0.2) is 54.9 Å². The molecule has 5 nitrogen and oxygen atoms in total. The Morgan fingerprint density at radius 1 is 1.11 bits per heavy atom. The van der Waals surface area contributed by atoms with Crippen molar-refractivity contribution in [3.05, 3.63) is 60.4 Å². The zero-order chi connectivity index (χ0) is 18.6. The molecular formula is C22H26N4O. The van der Waals surface area contributed by atoms with E-state index in [1.165, 1.54) is 25.9 Å². The van der Waals surface area contributed by atoms with Crippen LogP contribution in [0.5, 0.6) is 0 Å². The topological polar surface area (TPSA) is 50.2 Å². The van der Waals surface area contributed by atoms with Crippen molar-refractivity contribution in [2.75, 3.05) is 26.2 Å². The molecule has 0 bridgehead atoms. The highest BCUT2D eigenvalue weighted by atomic mass is 16.1. The van der Waals surface area contributed by atoms with Crippen molar-refractivity contribution in [1.82, 2.24) is 19.8 Å². The van der Waals surface area contributed by atoms with E-state index in [0.29, 0.717) is 18.0 Å². The van der Waals surface area contributed by atoms with Crippen LogP contribution in [0.2, 0.25) is 0 Å². The molecule has 5 heteroatoms. The predicted octanol–water partition coefficient (Wildman–Crippen LogP) is 3.49. The van der Waals surface area contributed by atoms with Gasteiger partial charge in [0.05, 0.1) is 11.0 Å². The maximum atomic E-state index is 12.5. The number of carbonyl (C=O) groups is 1. The molecule has 1 atom stereocenters. The molecule has 1 aliphatic rings. The minimum absolute atomic E-state index is 0.00897. The van der Waals surface area contributed by atoms with Gasteiger partial charge in [-0.1, -0.05) is 19.1 Å². The van der Waals surface area contributed by atoms with Gasteiger partial charge in [-0.05, 0) is 68.2 Å². The standard InChI is InChI=1S/C22H26N4O/c1-17(15-25-12-4-5-13-25)14-23-22(27)18-8-10-19(11-9-18)26-16-24-20-6-2-3-7-21(20)26/h2-3,6-11,16-17H,4-5,12-15H2,1H3,(H,23,27). The molecule has 1 unspecified atom stereocenters. The van der Waals surface area contributed by atoms with Gasteiger partial charge in [0.15, 0.2) is 0 Å². The lowest BCUT2D eigenvalue weighted by molar-refractivity contribution is 0.0945. The largest absolute Gasteiger partial charge is 0.352 e. The second kappa shape index (κ2) is 7.92. The second-order valence-electron chi connectivity index (χ2n) is 7.47. The Hall–Kier alpha value is -2.66. The first-order valence-corrected chi connectivity index (χ1v) is 9.74. The first-order valence-electron chi connectivity index (χ1n) is 9.74. The number of fused-ring (bicyclic) bond motifs is 1. The highest BCUT2D eigenvalue weighted by molar-refractivity contribution is 5.94. The molecular weight excluding hydrogens is 336 g/mol. The minimum Gasteiger partial charge on any atom is -0.352 e. The van der Waals surface area contributed by atoms with Gasteiger partial charge in [0, 0.05) is 24.3 Å². The summed E-state index contributed by atoms with van der Waals surface area (Å²) in [5.41, 5.74) is 3.72. The van der Waals surface area contributed by atoms with Gasteiger partial charge >= 0.3 is 0 Å². The van der Waals surface area contributed by atoms with E-state index in [2.05, 4.69) is 22.1 Å². The zero-order valence-corrected chi connectivity index (χ0v) is 15.8. The molecule has 4 rings (SSSR count). The lowest BCUT2D eigenvalue weighted by Crippen LogP contribution is -2.34. The molecule has 0 spiro atoms. The zero-order valence-electron chi connectivity index (χ0n) is 15.8. The third-order valence-corrected chi connectivity index (χ3v) is 5.24. The summed E-state index contributed by atoms with van der Waals surface area (Å²) in [6.07, 6.45) is 4.43. The SMILES string of the molecule is CC(CNC(=O)c1ccc(-n2cnc3ccccc32)cc1)CN1CCCC1. The number of benzene rings is 2. The van der Waals surface area contributed by atoms with Gasteiger partial charge < -0.3 is 10.2 Å². The summed E-state index contributed by atoms with van der Waals surface area (Å²) in [5.74, 6) is 0.453. The van der Waals surface area contributed by atoms with E-state index in [0.717, 1.165) is 23.3 Å². The number of rotatable bonds is 6. The lowest BCUT2D eigenvalue weighted by Gasteiger charge is -2.20. The summed E-state index contributed by atoms with van der Waals surface area (Å²) in [7, 11) is 0. The molecule has 2 aromatic carbocycles. The first-order chi connectivity index (χ1) is 13.2. The molecule has 1 aliphatic heterocycles. The second-order valence-corrected chi connectivity index (χ2v) is 7.47. The van der Waals surface area contributed by atoms with Gasteiger partial charge in [0.25, 0.3) is 5.91 Å². The van der Waals surface area contributed by atoms with Crippen molar-refractivity contribution in [1.29, 1.82) is 0 Å². The highest BCUT2D eigenvalue weighted by Gasteiger charge is 2.15. The fourth-order valence-electron chi connectivity index (χ4n) is 3.78. The van der Waals surface area contributed by atoms with Gasteiger partial charge in [-0.3, -0.25) is 9.36 Å². The van der Waals surface area contributed by atoms with Gasteiger partial charge in [-0.2, -0.15) is 0 Å². The normalized spacial score (nSPS) is 15.9. The summed E-state index contributed by atoms with van der Waals surface area (Å²) in [6, 6.07) is 15.7. The van der Waals surface area contributed by atoms with Crippen molar-refractivity contribution in [3.63, 3.8) is 0 Å². The number of amides is 1. The molecule has 0 radical (unpaired) electrons. The van der Waals surface area contributed by atoms with Gasteiger partial charge in [0.2, 0.25) is 0 Å². The van der Waals surface area contributed by atoms with Crippen LogP contribution in [-0.2, 0) is 0 Å². The summed E-state index contributed by atoms with van der Waals surface area (Å²) < 4.78 is 2.04. The fraction of sp³-hybridized carbons (Fsp3) is 0.364. The molecule has 1 aromatic heterocycles. The Bertz CT molecular complexity index is 909. The van der Waals surface area contributed by atoms with Crippen molar-refractivity contribution < 1.29 is 4.79 Å². The monoisotopic (exact) mass is 362 g/mol. The number of aromatic nitrogens is 2. The van der Waals surface area contributed by atoms with Crippen LogP contribution < -0.4 is 5.32 Å². The van der Waals surface area contributed by atoms with Crippen molar-refractivity contribution in [2.24, 2.45) is 5.92 Å². The van der Waals surface area contributed by atoms with Crippen LogP contribution in [0.25, 0.3) is 16.7 Å². The smallest absolute Gasteiger partial charge is 0.251 e. The van der Waals surface area contributed by atoms with E-state index in [-0.39, 0.29) is 5.91 Å². The number of nitrogens with zero attached hydrogens (tertiary/aromatic N) is 3. The van der Waals surface area contributed by atoms with Crippen LogP contribution in [0, 0.1) is 5.92 Å². The van der Waals surface area contributed by atoms with Crippen molar-refractivity contribution in [2.45, 2.75) is 19.8 Å². The van der Waals surface area contributed by atoms with Gasteiger partial charge in [-0.25, -0.2) is 4.98 Å². The van der Waals surface area contributed by atoms with Crippen molar-refractivity contribution >= 4 is 16.9 Å². The maximum absolute atomic E-state index is 12.5. The van der Waals surface area contributed by atoms with E-state index >= 15 is 0 Å². The van der Waals surface area contributed by atoms with E-state index in [9.17, 15) is 4.79 Å². The van der Waals surface area contributed by atoms with E-state index in [1.807, 2.05) is 59.4 Å². The van der Waals surface area contributed by atoms with Crippen LogP contribution in [0.1, 0.15) is 30.1 Å². The van der Waals surface area contributed by atoms with Gasteiger partial charge in [0.1, 0.15) is 6.33 Å². The Morgan fingerprint density at radius 2 is 1.85 bits per heavy atom. The number of para-hydroxylation sites is 2. The van der Waals surface area contributed by atoms with Crippen LogP contribution >= 0.6 is 0 Å². The van der Waals surface area contributed by atoms with E-state index in [1.54, 1.807) is 0 Å². The van der Waals surface area contributed by atoms with E-state index < -0.39 is 0 Å². The Balaban J connectivity index is 1.37. The highest BCUT2D eigenvalue weighted by Crippen LogP contribution is 2.18. The molecule has 3 aromatic rings. The van der Waals surface area contributed by atoms with Crippen LogP contribution in [-0.4, -0.2) is 46.5 Å². The molecule has 0 aliphatic carbocycles. The molecule has 27 heavy (non-hydrogen) atoms. The molecule has 0 saturated carbocycles. The fourth-order valence-corrected chi connectivity index (χ4v) is 3.78. The Kier molecular flexibility index (Phi) is 5.21. The maximum Gasteiger partial charge on any atom is 0.251 e. The summed E-state index contributed by atoms with van der Waals surface area (Å²) >= 11 is 0. The van der Waals surface area contributed by atoms with Crippen molar-refractivity contribution in [3.8, 4) is 5.69 Å². The van der Waals surface area contributed by atoms with Gasteiger partial charge in [-0.15, -0.1) is 0 Å².